The molecule has 0 saturated heterocycles. The van der Waals surface area contributed by atoms with Crippen LogP contribution in [0.2, 0.25) is 0 Å². The normalized spacial score (nSPS) is 49.6. The monoisotopic (exact) mass is 374 g/mol. The molecule has 6 unspecified atom stereocenters. The highest BCUT2D eigenvalue weighted by atomic mass is 16.3. The average Bonchev–Trinajstić information content (AvgIpc) is 2.96. The minimum absolute atomic E-state index is 0.00446. The summed E-state index contributed by atoms with van der Waals surface area (Å²) < 4.78 is 0. The van der Waals surface area contributed by atoms with Crippen molar-refractivity contribution < 1.29 is 5.11 Å². The van der Waals surface area contributed by atoms with Crippen molar-refractivity contribution in [1.29, 1.82) is 0 Å². The molecule has 156 valence electrons. The van der Waals surface area contributed by atoms with E-state index in [1.54, 1.807) is 0 Å². The summed E-state index contributed by atoms with van der Waals surface area (Å²) >= 11 is 0. The molecule has 0 radical (unpaired) electrons. The van der Waals surface area contributed by atoms with Crippen LogP contribution in [0.5, 0.6) is 0 Å². The number of hydrogen-bond donors (Lipinski definition) is 1. The highest BCUT2D eigenvalue weighted by molar-refractivity contribution is 5.09. The molecule has 4 fully saturated rings. The Balaban J connectivity index is 1.43. The first-order chi connectivity index (χ1) is 12.8. The van der Waals surface area contributed by atoms with Crippen LogP contribution in [0.3, 0.4) is 0 Å². The van der Waals surface area contributed by atoms with Crippen molar-refractivity contribution in [3.05, 3.63) is 0 Å². The lowest BCUT2D eigenvalue weighted by atomic mass is 9.44. The van der Waals surface area contributed by atoms with Crippen LogP contribution in [0.15, 0.2) is 0 Å². The van der Waals surface area contributed by atoms with Crippen LogP contribution in [0.1, 0.15) is 111 Å². The summed E-state index contributed by atoms with van der Waals surface area (Å²) in [5.41, 5.74) is 1.19. The summed E-state index contributed by atoms with van der Waals surface area (Å²) in [5.74, 6) is 5.66. The molecule has 1 nitrogen and oxygen atoms in total. The average molecular weight is 375 g/mol. The van der Waals surface area contributed by atoms with Gasteiger partial charge in [0.15, 0.2) is 0 Å². The van der Waals surface area contributed by atoms with E-state index < -0.39 is 0 Å². The lowest BCUT2D eigenvalue weighted by Gasteiger charge is -2.61. The van der Waals surface area contributed by atoms with Gasteiger partial charge in [0.05, 0.1) is 6.10 Å². The molecule has 1 heteroatoms. The van der Waals surface area contributed by atoms with Gasteiger partial charge in [0.1, 0.15) is 0 Å². The third-order valence-electron chi connectivity index (χ3n) is 10.4. The second kappa shape index (κ2) is 7.66. The Morgan fingerprint density at radius 3 is 2.37 bits per heavy atom. The van der Waals surface area contributed by atoms with Gasteiger partial charge in [-0.3, -0.25) is 0 Å². The number of aliphatic hydroxyl groups is 1. The molecule has 0 bridgehead atoms. The Morgan fingerprint density at radius 2 is 1.59 bits per heavy atom. The number of rotatable bonds is 5. The van der Waals surface area contributed by atoms with Crippen molar-refractivity contribution in [2.45, 2.75) is 117 Å². The Bertz CT molecular complexity index is 512. The fourth-order valence-electron chi connectivity index (χ4n) is 8.76. The van der Waals surface area contributed by atoms with Crippen molar-refractivity contribution in [3.63, 3.8) is 0 Å². The lowest BCUT2D eigenvalue weighted by molar-refractivity contribution is -0.127. The third kappa shape index (κ3) is 3.53. The van der Waals surface area contributed by atoms with E-state index in [1.807, 2.05) is 0 Å². The maximum absolute atomic E-state index is 10.2. The molecule has 1 N–H and O–H groups in total. The van der Waals surface area contributed by atoms with Crippen LogP contribution in [0.4, 0.5) is 0 Å². The van der Waals surface area contributed by atoms with Crippen LogP contribution in [0.25, 0.3) is 0 Å². The number of unbranched alkanes of at least 4 members (excludes halogenated alkanes) is 1. The summed E-state index contributed by atoms with van der Waals surface area (Å²) in [5, 5.41) is 10.2. The highest BCUT2D eigenvalue weighted by Gasteiger charge is 2.59. The summed E-state index contributed by atoms with van der Waals surface area (Å²) in [6, 6.07) is 0. The van der Waals surface area contributed by atoms with Gasteiger partial charge in [-0.15, -0.1) is 0 Å². The minimum Gasteiger partial charge on any atom is -0.393 e. The van der Waals surface area contributed by atoms with Gasteiger partial charge in [-0.05, 0) is 111 Å². The summed E-state index contributed by atoms with van der Waals surface area (Å²) in [4.78, 5) is 0. The fraction of sp³-hybridized carbons (Fsp3) is 1.00. The zero-order chi connectivity index (χ0) is 19.2. The van der Waals surface area contributed by atoms with Crippen LogP contribution in [-0.4, -0.2) is 11.2 Å². The number of fused-ring (bicyclic) bond motifs is 5. The van der Waals surface area contributed by atoms with E-state index in [0.717, 1.165) is 48.3 Å². The first-order valence-electron chi connectivity index (χ1n) is 12.5. The zero-order valence-electron chi connectivity index (χ0n) is 18.7. The topological polar surface area (TPSA) is 20.2 Å². The molecular formula is C26H46O. The second-order valence-corrected chi connectivity index (χ2v) is 12.1. The van der Waals surface area contributed by atoms with Gasteiger partial charge in [-0.2, -0.15) is 0 Å². The molecule has 4 aliphatic carbocycles. The van der Waals surface area contributed by atoms with E-state index in [0.29, 0.717) is 10.8 Å². The Labute approximate surface area is 169 Å². The van der Waals surface area contributed by atoms with E-state index in [9.17, 15) is 5.11 Å². The van der Waals surface area contributed by atoms with Gasteiger partial charge in [0.2, 0.25) is 0 Å². The molecule has 0 aromatic rings. The van der Waals surface area contributed by atoms with E-state index >= 15 is 0 Å². The molecule has 4 aliphatic rings. The Morgan fingerprint density at radius 1 is 0.852 bits per heavy atom. The first-order valence-corrected chi connectivity index (χ1v) is 12.5. The summed E-state index contributed by atoms with van der Waals surface area (Å²) in [6.45, 7) is 10.1. The molecule has 4 saturated carbocycles. The third-order valence-corrected chi connectivity index (χ3v) is 10.4. The summed E-state index contributed by atoms with van der Waals surface area (Å²) in [7, 11) is 0. The second-order valence-electron chi connectivity index (χ2n) is 12.1. The maximum Gasteiger partial charge on any atom is 0.0543 e. The van der Waals surface area contributed by atoms with Crippen molar-refractivity contribution in [1.82, 2.24) is 0 Å². The highest BCUT2D eigenvalue weighted by Crippen LogP contribution is 2.67. The van der Waals surface area contributed by atoms with Gasteiger partial charge in [0.25, 0.3) is 0 Å². The number of hydrogen-bond acceptors (Lipinski definition) is 1. The van der Waals surface area contributed by atoms with E-state index in [1.165, 1.54) is 70.6 Å². The molecular weight excluding hydrogens is 328 g/mol. The summed E-state index contributed by atoms with van der Waals surface area (Å²) in [6.07, 6.45) is 18.2. The molecule has 4 rings (SSSR count). The smallest absolute Gasteiger partial charge is 0.0543 e. The predicted octanol–water partition coefficient (Wildman–Crippen LogP) is 7.22. The molecule has 0 spiro atoms. The molecule has 27 heavy (non-hydrogen) atoms. The van der Waals surface area contributed by atoms with Crippen molar-refractivity contribution in [2.75, 3.05) is 0 Å². The van der Waals surface area contributed by atoms with Crippen LogP contribution >= 0.6 is 0 Å². The van der Waals surface area contributed by atoms with Crippen molar-refractivity contribution in [2.24, 2.45) is 46.3 Å². The standard InChI is InChI=1S/C26H46O/c1-18(2)7-5-6-8-19-10-12-23-22-11-9-20-17-21(27)13-15-26(20,4)24(22)14-16-25(19,23)3/h18-24,27H,5-17H2,1-4H3/t19-,20?,21?,22?,23?,24?,25?,26-/m0/s1. The maximum atomic E-state index is 10.2. The molecule has 0 aliphatic heterocycles. The van der Waals surface area contributed by atoms with Crippen molar-refractivity contribution in [3.8, 4) is 0 Å². The van der Waals surface area contributed by atoms with Crippen LogP contribution in [0, 0.1) is 46.3 Å². The van der Waals surface area contributed by atoms with Gasteiger partial charge < -0.3 is 5.11 Å². The largest absolute Gasteiger partial charge is 0.393 e. The SMILES string of the molecule is CC(C)CCCC[C@H]1CCC2C3CCC4CC(O)CC[C@]4(C)C3CCC21C. The molecule has 0 aromatic carbocycles. The number of aliphatic hydroxyl groups excluding tert-OH is 1. The quantitative estimate of drug-likeness (QED) is 0.503. The van der Waals surface area contributed by atoms with Crippen LogP contribution in [-0.2, 0) is 0 Å². The van der Waals surface area contributed by atoms with Gasteiger partial charge in [-0.25, -0.2) is 0 Å². The van der Waals surface area contributed by atoms with Gasteiger partial charge >= 0.3 is 0 Å². The van der Waals surface area contributed by atoms with Crippen molar-refractivity contribution >= 4 is 0 Å². The van der Waals surface area contributed by atoms with E-state index in [2.05, 4.69) is 27.7 Å². The fourth-order valence-corrected chi connectivity index (χ4v) is 8.76. The lowest BCUT2D eigenvalue weighted by Crippen LogP contribution is -2.53. The zero-order valence-corrected chi connectivity index (χ0v) is 18.7. The molecule has 0 heterocycles. The van der Waals surface area contributed by atoms with Gasteiger partial charge in [-0.1, -0.05) is 47.0 Å². The molecule has 0 amide bonds. The predicted molar refractivity (Wildman–Crippen MR) is 115 cm³/mol. The minimum atomic E-state index is -0.00446. The first kappa shape index (κ1) is 20.2. The molecule has 8 atom stereocenters. The van der Waals surface area contributed by atoms with E-state index in [4.69, 9.17) is 0 Å². The van der Waals surface area contributed by atoms with E-state index in [-0.39, 0.29) is 6.10 Å². The van der Waals surface area contributed by atoms with Gasteiger partial charge in [0, 0.05) is 0 Å². The Kier molecular flexibility index (Phi) is 5.74. The Hall–Kier alpha value is -0.0400. The van der Waals surface area contributed by atoms with Crippen LogP contribution < -0.4 is 0 Å². The molecule has 0 aromatic heterocycles.